The first-order valence-corrected chi connectivity index (χ1v) is 5.55. The molecule has 2 atom stereocenters. The second-order valence-electron chi connectivity index (χ2n) is 3.50. The van der Waals surface area contributed by atoms with E-state index in [9.17, 15) is 0 Å². The van der Waals surface area contributed by atoms with Crippen molar-refractivity contribution in [2.45, 2.75) is 39.5 Å². The van der Waals surface area contributed by atoms with Gasteiger partial charge in [-0.3, -0.25) is 4.68 Å². The fraction of sp³-hybridized carbons (Fsp3) is 0.727. The van der Waals surface area contributed by atoms with Crippen molar-refractivity contribution in [1.82, 2.24) is 15.1 Å². The number of aromatic nitrogens is 2. The van der Waals surface area contributed by atoms with E-state index < -0.39 is 0 Å². The van der Waals surface area contributed by atoms with Gasteiger partial charge in [0.15, 0.2) is 0 Å². The molecule has 1 N–H and O–H groups in total. The lowest BCUT2D eigenvalue weighted by Gasteiger charge is -2.24. The summed E-state index contributed by atoms with van der Waals surface area (Å²) < 4.78 is 7.61. The number of likely N-dealkylation sites (N-methyl/N-ethyl adjacent to an activating group) is 1. The minimum Gasteiger partial charge on any atom is -0.377 e. The summed E-state index contributed by atoms with van der Waals surface area (Å²) in [7, 11) is 1.95. The van der Waals surface area contributed by atoms with Gasteiger partial charge < -0.3 is 10.1 Å². The maximum Gasteiger partial charge on any atom is 0.0756 e. The van der Waals surface area contributed by atoms with Gasteiger partial charge in [0.05, 0.1) is 17.8 Å². The Bertz CT molecular complexity index is 285. The predicted octanol–water partition coefficient (Wildman–Crippen LogP) is 1.59. The van der Waals surface area contributed by atoms with Gasteiger partial charge in [0.25, 0.3) is 0 Å². The van der Waals surface area contributed by atoms with Crippen molar-refractivity contribution in [2.24, 2.45) is 0 Å². The number of hydrogen-bond acceptors (Lipinski definition) is 3. The highest BCUT2D eigenvalue weighted by molar-refractivity contribution is 5.08. The Labute approximate surface area is 91.6 Å². The first-order chi connectivity index (χ1) is 7.24. The lowest BCUT2D eigenvalue weighted by atomic mass is 10.1. The molecule has 86 valence electrons. The molecule has 1 heterocycles. The summed E-state index contributed by atoms with van der Waals surface area (Å²) in [5, 5.41) is 7.55. The summed E-state index contributed by atoms with van der Waals surface area (Å²) in [4.78, 5) is 0. The Morgan fingerprint density at radius 3 is 2.80 bits per heavy atom. The maximum absolute atomic E-state index is 5.61. The molecule has 0 bridgehead atoms. The Balaban J connectivity index is 2.81. The molecule has 0 aliphatic carbocycles. The lowest BCUT2D eigenvalue weighted by Crippen LogP contribution is -2.31. The molecule has 0 saturated heterocycles. The Hall–Kier alpha value is -0.870. The van der Waals surface area contributed by atoms with Crippen molar-refractivity contribution in [3.8, 4) is 0 Å². The van der Waals surface area contributed by atoms with Gasteiger partial charge >= 0.3 is 0 Å². The van der Waals surface area contributed by atoms with Crippen molar-refractivity contribution in [3.05, 3.63) is 18.0 Å². The Morgan fingerprint density at radius 1 is 1.53 bits per heavy atom. The van der Waals surface area contributed by atoms with Crippen molar-refractivity contribution in [2.75, 3.05) is 13.7 Å². The topological polar surface area (TPSA) is 39.1 Å². The van der Waals surface area contributed by atoms with Gasteiger partial charge in [-0.15, -0.1) is 0 Å². The van der Waals surface area contributed by atoms with Gasteiger partial charge in [-0.2, -0.15) is 5.10 Å². The number of rotatable bonds is 6. The maximum atomic E-state index is 5.61. The largest absolute Gasteiger partial charge is 0.377 e. The van der Waals surface area contributed by atoms with Crippen molar-refractivity contribution < 1.29 is 4.74 Å². The second kappa shape index (κ2) is 5.88. The van der Waals surface area contributed by atoms with Crippen molar-refractivity contribution in [1.29, 1.82) is 0 Å². The van der Waals surface area contributed by atoms with Crippen LogP contribution in [0.15, 0.2) is 12.3 Å². The van der Waals surface area contributed by atoms with E-state index >= 15 is 0 Å². The molecule has 1 aromatic heterocycles. The molecule has 0 saturated carbocycles. The third-order valence-electron chi connectivity index (χ3n) is 2.58. The van der Waals surface area contributed by atoms with Gasteiger partial charge in [-0.05, 0) is 33.9 Å². The fourth-order valence-corrected chi connectivity index (χ4v) is 1.85. The number of nitrogens with zero attached hydrogens (tertiary/aromatic N) is 2. The first-order valence-electron chi connectivity index (χ1n) is 5.55. The number of hydrogen-bond donors (Lipinski definition) is 1. The van der Waals surface area contributed by atoms with Crippen LogP contribution in [0.5, 0.6) is 0 Å². The molecule has 2 unspecified atom stereocenters. The van der Waals surface area contributed by atoms with Crippen LogP contribution in [0.25, 0.3) is 0 Å². The quantitative estimate of drug-likeness (QED) is 0.776. The van der Waals surface area contributed by atoms with E-state index in [2.05, 4.69) is 24.3 Å². The SMILES string of the molecule is CCOC(C)C(NC)c1ccnn1CC. The van der Waals surface area contributed by atoms with E-state index in [1.54, 1.807) is 0 Å². The summed E-state index contributed by atoms with van der Waals surface area (Å²) in [6.45, 7) is 7.81. The molecule has 1 rings (SSSR count). The summed E-state index contributed by atoms with van der Waals surface area (Å²) in [6.07, 6.45) is 1.99. The summed E-state index contributed by atoms with van der Waals surface area (Å²) >= 11 is 0. The van der Waals surface area contributed by atoms with Gasteiger partial charge in [0.1, 0.15) is 0 Å². The third kappa shape index (κ3) is 2.79. The average Bonchev–Trinajstić information content (AvgIpc) is 2.67. The summed E-state index contributed by atoms with van der Waals surface area (Å²) in [5.74, 6) is 0. The second-order valence-corrected chi connectivity index (χ2v) is 3.50. The first kappa shape index (κ1) is 12.2. The van der Waals surface area contributed by atoms with E-state index in [0.29, 0.717) is 0 Å². The summed E-state index contributed by atoms with van der Waals surface area (Å²) in [5.41, 5.74) is 1.18. The van der Waals surface area contributed by atoms with Gasteiger partial charge in [-0.25, -0.2) is 0 Å². The van der Waals surface area contributed by atoms with E-state index in [4.69, 9.17) is 4.74 Å². The van der Waals surface area contributed by atoms with E-state index in [1.807, 2.05) is 30.9 Å². The van der Waals surface area contributed by atoms with Crippen LogP contribution in [-0.4, -0.2) is 29.5 Å². The Morgan fingerprint density at radius 2 is 2.27 bits per heavy atom. The zero-order valence-electron chi connectivity index (χ0n) is 10.0. The molecule has 0 fully saturated rings. The van der Waals surface area contributed by atoms with Crippen molar-refractivity contribution in [3.63, 3.8) is 0 Å². The molecule has 15 heavy (non-hydrogen) atoms. The molecule has 0 aliphatic heterocycles. The zero-order chi connectivity index (χ0) is 11.3. The van der Waals surface area contributed by atoms with Gasteiger partial charge in [0.2, 0.25) is 0 Å². The minimum atomic E-state index is 0.155. The lowest BCUT2D eigenvalue weighted by molar-refractivity contribution is 0.0470. The van der Waals surface area contributed by atoms with Crippen LogP contribution in [0.4, 0.5) is 0 Å². The molecule has 0 radical (unpaired) electrons. The van der Waals surface area contributed by atoms with Crippen LogP contribution in [0.1, 0.15) is 32.5 Å². The third-order valence-corrected chi connectivity index (χ3v) is 2.58. The van der Waals surface area contributed by atoms with Crippen LogP contribution in [0, 0.1) is 0 Å². The number of aryl methyl sites for hydroxylation is 1. The van der Waals surface area contributed by atoms with Crippen molar-refractivity contribution >= 4 is 0 Å². The smallest absolute Gasteiger partial charge is 0.0756 e. The molecule has 0 aliphatic rings. The van der Waals surface area contributed by atoms with Gasteiger partial charge in [0, 0.05) is 19.3 Å². The number of ether oxygens (including phenoxy) is 1. The molecular formula is C11H21N3O. The number of nitrogens with one attached hydrogen (secondary N) is 1. The standard InChI is InChI=1S/C11H21N3O/c1-5-14-10(7-8-13-14)11(12-4)9(3)15-6-2/h7-9,11-12H,5-6H2,1-4H3. The highest BCUT2D eigenvalue weighted by Crippen LogP contribution is 2.18. The fourth-order valence-electron chi connectivity index (χ4n) is 1.85. The molecule has 4 nitrogen and oxygen atoms in total. The van der Waals surface area contributed by atoms with E-state index in [0.717, 1.165) is 13.2 Å². The summed E-state index contributed by atoms with van der Waals surface area (Å²) in [6, 6.07) is 2.24. The van der Waals surface area contributed by atoms with E-state index in [-0.39, 0.29) is 12.1 Å². The monoisotopic (exact) mass is 211 g/mol. The molecule has 0 aromatic carbocycles. The molecule has 4 heteroatoms. The highest BCUT2D eigenvalue weighted by Gasteiger charge is 2.20. The van der Waals surface area contributed by atoms with Crippen LogP contribution < -0.4 is 5.32 Å². The predicted molar refractivity (Wildman–Crippen MR) is 60.8 cm³/mol. The zero-order valence-corrected chi connectivity index (χ0v) is 10.0. The van der Waals surface area contributed by atoms with Crippen LogP contribution >= 0.6 is 0 Å². The molecule has 0 spiro atoms. The average molecular weight is 211 g/mol. The highest BCUT2D eigenvalue weighted by atomic mass is 16.5. The molecule has 0 amide bonds. The van der Waals surface area contributed by atoms with Gasteiger partial charge in [-0.1, -0.05) is 0 Å². The minimum absolute atomic E-state index is 0.155. The normalized spacial score (nSPS) is 15.2. The van der Waals surface area contributed by atoms with Crippen LogP contribution in [-0.2, 0) is 11.3 Å². The van der Waals surface area contributed by atoms with Crippen LogP contribution in [0.2, 0.25) is 0 Å². The Kier molecular flexibility index (Phi) is 4.78. The van der Waals surface area contributed by atoms with Crippen LogP contribution in [0.3, 0.4) is 0 Å². The van der Waals surface area contributed by atoms with E-state index in [1.165, 1.54) is 5.69 Å². The molecule has 1 aromatic rings. The molecular weight excluding hydrogens is 190 g/mol.